The number of nitrogens with one attached hydrogen (secondary N) is 2. The van der Waals surface area contributed by atoms with Crippen molar-refractivity contribution in [2.45, 2.75) is 19.0 Å². The van der Waals surface area contributed by atoms with Gasteiger partial charge in [0.15, 0.2) is 0 Å². The smallest absolute Gasteiger partial charge is 0.312 e. The van der Waals surface area contributed by atoms with E-state index in [2.05, 4.69) is 26.6 Å². The van der Waals surface area contributed by atoms with E-state index in [1.807, 2.05) is 30.5 Å². The van der Waals surface area contributed by atoms with Crippen molar-refractivity contribution in [1.29, 1.82) is 0 Å². The van der Waals surface area contributed by atoms with Gasteiger partial charge in [0, 0.05) is 11.0 Å². The van der Waals surface area contributed by atoms with Crippen LogP contribution in [0.4, 0.5) is 4.79 Å². The highest BCUT2D eigenvalue weighted by molar-refractivity contribution is 9.10. The van der Waals surface area contributed by atoms with Crippen molar-refractivity contribution < 1.29 is 9.59 Å². The SMILES string of the molecule is CSCCC(NC(N)=O)C(=O)NCc1cccc(Br)c1. The number of benzene rings is 1. The maximum atomic E-state index is 12.0. The third-order valence-corrected chi connectivity index (χ3v) is 3.74. The molecule has 1 atom stereocenters. The highest BCUT2D eigenvalue weighted by atomic mass is 79.9. The monoisotopic (exact) mass is 359 g/mol. The van der Waals surface area contributed by atoms with Gasteiger partial charge in [-0.1, -0.05) is 28.1 Å². The van der Waals surface area contributed by atoms with Gasteiger partial charge in [-0.2, -0.15) is 11.8 Å². The lowest BCUT2D eigenvalue weighted by molar-refractivity contribution is -0.123. The van der Waals surface area contributed by atoms with E-state index < -0.39 is 12.1 Å². The number of hydrogen-bond acceptors (Lipinski definition) is 3. The lowest BCUT2D eigenvalue weighted by atomic mass is 10.2. The van der Waals surface area contributed by atoms with E-state index in [1.165, 1.54) is 0 Å². The minimum atomic E-state index is -0.686. The number of halogens is 1. The molecule has 0 saturated carbocycles. The molecule has 0 aliphatic heterocycles. The van der Waals surface area contributed by atoms with Crippen molar-refractivity contribution >= 4 is 39.6 Å². The van der Waals surface area contributed by atoms with Gasteiger partial charge in [0.25, 0.3) is 0 Å². The van der Waals surface area contributed by atoms with Crippen LogP contribution in [0.25, 0.3) is 0 Å². The number of thioether (sulfide) groups is 1. The number of urea groups is 1. The van der Waals surface area contributed by atoms with Crippen LogP contribution in [0.2, 0.25) is 0 Å². The fraction of sp³-hybridized carbons (Fsp3) is 0.385. The predicted octanol–water partition coefficient (Wildman–Crippen LogP) is 1.86. The Bertz CT molecular complexity index is 471. The first-order valence-corrected chi connectivity index (χ1v) is 8.28. The van der Waals surface area contributed by atoms with E-state index >= 15 is 0 Å². The van der Waals surface area contributed by atoms with Crippen LogP contribution in [0.1, 0.15) is 12.0 Å². The Balaban J connectivity index is 2.54. The van der Waals surface area contributed by atoms with Gasteiger partial charge in [0.2, 0.25) is 5.91 Å². The molecule has 0 spiro atoms. The van der Waals surface area contributed by atoms with Crippen molar-refractivity contribution in [3.63, 3.8) is 0 Å². The zero-order valence-corrected chi connectivity index (χ0v) is 13.6. The zero-order valence-electron chi connectivity index (χ0n) is 11.2. The Morgan fingerprint density at radius 1 is 1.45 bits per heavy atom. The van der Waals surface area contributed by atoms with Crippen molar-refractivity contribution in [1.82, 2.24) is 10.6 Å². The minimum absolute atomic E-state index is 0.224. The molecule has 0 aliphatic carbocycles. The molecule has 3 amide bonds. The number of carbonyl (C=O) groups is 2. The topological polar surface area (TPSA) is 84.2 Å². The van der Waals surface area contributed by atoms with Crippen molar-refractivity contribution in [3.8, 4) is 0 Å². The summed E-state index contributed by atoms with van der Waals surface area (Å²) in [6, 6.07) is 6.39. The highest BCUT2D eigenvalue weighted by Crippen LogP contribution is 2.11. The molecule has 110 valence electrons. The van der Waals surface area contributed by atoms with Gasteiger partial charge >= 0.3 is 6.03 Å². The number of nitrogens with two attached hydrogens (primary N) is 1. The molecule has 0 aliphatic rings. The van der Waals surface area contributed by atoms with E-state index in [0.29, 0.717) is 13.0 Å². The second-order valence-electron chi connectivity index (χ2n) is 4.19. The van der Waals surface area contributed by atoms with E-state index in [0.717, 1.165) is 15.8 Å². The molecule has 20 heavy (non-hydrogen) atoms. The Morgan fingerprint density at radius 2 is 2.20 bits per heavy atom. The van der Waals surface area contributed by atoms with E-state index in [4.69, 9.17) is 5.73 Å². The first-order chi connectivity index (χ1) is 9.52. The van der Waals surface area contributed by atoms with Gasteiger partial charge in [-0.05, 0) is 36.1 Å². The van der Waals surface area contributed by atoms with Gasteiger partial charge in [0.1, 0.15) is 6.04 Å². The quantitative estimate of drug-likeness (QED) is 0.694. The summed E-state index contributed by atoms with van der Waals surface area (Å²) in [6.45, 7) is 0.411. The first kappa shape index (κ1) is 16.8. The second-order valence-corrected chi connectivity index (χ2v) is 6.09. The Labute approximate surface area is 131 Å². The Morgan fingerprint density at radius 3 is 2.80 bits per heavy atom. The molecule has 0 saturated heterocycles. The molecule has 5 nitrogen and oxygen atoms in total. The van der Waals surface area contributed by atoms with Gasteiger partial charge in [-0.3, -0.25) is 4.79 Å². The molecule has 0 bridgehead atoms. The standard InChI is InChI=1S/C13H18BrN3O2S/c1-20-6-5-11(17-13(15)19)12(18)16-8-9-3-2-4-10(14)7-9/h2-4,7,11H,5-6,8H2,1H3,(H,16,18)(H3,15,17,19). The van der Waals surface area contributed by atoms with Crippen LogP contribution >= 0.6 is 27.7 Å². The molecule has 0 radical (unpaired) electrons. The molecule has 1 unspecified atom stereocenters. The van der Waals surface area contributed by atoms with E-state index in [-0.39, 0.29) is 5.91 Å². The summed E-state index contributed by atoms with van der Waals surface area (Å²) in [5.74, 6) is 0.549. The lowest BCUT2D eigenvalue weighted by Crippen LogP contribution is -2.48. The number of carbonyl (C=O) groups excluding carboxylic acids is 2. The molecule has 0 heterocycles. The van der Waals surface area contributed by atoms with Crippen molar-refractivity contribution in [2.24, 2.45) is 5.73 Å². The van der Waals surface area contributed by atoms with Crippen molar-refractivity contribution in [3.05, 3.63) is 34.3 Å². The van der Waals surface area contributed by atoms with Gasteiger partial charge in [0.05, 0.1) is 0 Å². The van der Waals surface area contributed by atoms with Crippen LogP contribution in [0.5, 0.6) is 0 Å². The average Bonchev–Trinajstić information content (AvgIpc) is 2.40. The molecular weight excluding hydrogens is 342 g/mol. The van der Waals surface area contributed by atoms with Crippen LogP contribution in [0.15, 0.2) is 28.7 Å². The van der Waals surface area contributed by atoms with E-state index in [9.17, 15) is 9.59 Å². The highest BCUT2D eigenvalue weighted by Gasteiger charge is 2.18. The van der Waals surface area contributed by atoms with Crippen LogP contribution in [-0.4, -0.2) is 30.0 Å². The van der Waals surface area contributed by atoms with Gasteiger partial charge < -0.3 is 16.4 Å². The maximum Gasteiger partial charge on any atom is 0.312 e. The molecule has 1 rings (SSSR count). The van der Waals surface area contributed by atoms with Crippen LogP contribution in [0.3, 0.4) is 0 Å². The molecule has 1 aromatic rings. The fourth-order valence-corrected chi connectivity index (χ4v) is 2.55. The number of rotatable bonds is 7. The average molecular weight is 360 g/mol. The third kappa shape index (κ3) is 6.29. The summed E-state index contributed by atoms with van der Waals surface area (Å²) in [5.41, 5.74) is 6.07. The van der Waals surface area contributed by atoms with Crippen LogP contribution < -0.4 is 16.4 Å². The molecule has 4 N–H and O–H groups in total. The summed E-state index contributed by atoms with van der Waals surface area (Å²) in [5, 5.41) is 5.27. The number of hydrogen-bond donors (Lipinski definition) is 3. The number of primary amides is 1. The second kappa shape index (κ2) is 8.86. The minimum Gasteiger partial charge on any atom is -0.352 e. The summed E-state index contributed by atoms with van der Waals surface area (Å²) >= 11 is 4.99. The number of amides is 3. The van der Waals surface area contributed by atoms with E-state index in [1.54, 1.807) is 11.8 Å². The van der Waals surface area contributed by atoms with Crippen molar-refractivity contribution in [2.75, 3.05) is 12.0 Å². The molecular formula is C13H18BrN3O2S. The summed E-state index contributed by atoms with van der Waals surface area (Å²) in [7, 11) is 0. The van der Waals surface area contributed by atoms with Gasteiger partial charge in [-0.25, -0.2) is 4.79 Å². The predicted molar refractivity (Wildman–Crippen MR) is 85.5 cm³/mol. The first-order valence-electron chi connectivity index (χ1n) is 6.10. The maximum absolute atomic E-state index is 12.0. The lowest BCUT2D eigenvalue weighted by Gasteiger charge is -2.17. The third-order valence-electron chi connectivity index (χ3n) is 2.60. The normalized spacial score (nSPS) is 11.7. The summed E-state index contributed by atoms with van der Waals surface area (Å²) in [6.07, 6.45) is 2.50. The molecule has 1 aromatic carbocycles. The summed E-state index contributed by atoms with van der Waals surface area (Å²) in [4.78, 5) is 23.0. The fourth-order valence-electron chi connectivity index (χ4n) is 1.64. The van der Waals surface area contributed by atoms with Crippen LogP contribution in [0, 0.1) is 0 Å². The Hall–Kier alpha value is -1.21. The summed E-state index contributed by atoms with van der Waals surface area (Å²) < 4.78 is 0.957. The molecule has 7 heteroatoms. The van der Waals surface area contributed by atoms with Crippen LogP contribution in [-0.2, 0) is 11.3 Å². The molecule has 0 fully saturated rings. The largest absolute Gasteiger partial charge is 0.352 e. The molecule has 0 aromatic heterocycles. The zero-order chi connectivity index (χ0) is 15.0. The van der Waals surface area contributed by atoms with Gasteiger partial charge in [-0.15, -0.1) is 0 Å². The Kier molecular flexibility index (Phi) is 7.46.